The molecule has 6 nitrogen and oxygen atoms in total. The number of nitrogens with zero attached hydrogens (tertiary/aromatic N) is 1. The number of hydrogen-bond donors (Lipinski definition) is 3. The van der Waals surface area contributed by atoms with Gasteiger partial charge in [-0.3, -0.25) is 0 Å². The number of hydrogen-bond acceptors (Lipinski definition) is 4. The molecule has 1 aromatic carbocycles. The van der Waals surface area contributed by atoms with Crippen LogP contribution in [-0.2, 0) is 6.54 Å². The normalized spacial score (nSPS) is 15.4. The zero-order valence-corrected chi connectivity index (χ0v) is 14.7. The van der Waals surface area contributed by atoms with Crippen LogP contribution in [0.5, 0.6) is 11.5 Å². The van der Waals surface area contributed by atoms with Crippen molar-refractivity contribution < 1.29 is 14.6 Å². The van der Waals surface area contributed by atoms with Crippen molar-refractivity contribution in [1.29, 1.82) is 0 Å². The Morgan fingerprint density at radius 3 is 2.75 bits per heavy atom. The molecule has 0 spiro atoms. The minimum atomic E-state index is 0.0724. The van der Waals surface area contributed by atoms with Crippen molar-refractivity contribution in [1.82, 2.24) is 10.6 Å². The number of rotatable bonds is 8. The third-order valence-electron chi connectivity index (χ3n) is 4.03. The van der Waals surface area contributed by atoms with Crippen molar-refractivity contribution in [2.75, 3.05) is 26.8 Å². The summed E-state index contributed by atoms with van der Waals surface area (Å²) in [6.45, 7) is 3.83. The Labute approximate surface area is 144 Å². The molecular weight excluding hydrogens is 306 g/mol. The molecule has 1 aliphatic rings. The fourth-order valence-corrected chi connectivity index (χ4v) is 2.77. The van der Waals surface area contributed by atoms with Gasteiger partial charge in [0.2, 0.25) is 0 Å². The fraction of sp³-hybridized carbons (Fsp3) is 0.611. The molecule has 0 saturated heterocycles. The molecule has 0 unspecified atom stereocenters. The molecule has 1 fully saturated rings. The highest BCUT2D eigenvalue weighted by Gasteiger charge is 2.18. The van der Waals surface area contributed by atoms with E-state index in [2.05, 4.69) is 15.6 Å². The molecule has 134 valence electrons. The van der Waals surface area contributed by atoms with E-state index in [9.17, 15) is 0 Å². The first kappa shape index (κ1) is 18.4. The summed E-state index contributed by atoms with van der Waals surface area (Å²) in [6.07, 6.45) is 4.98. The molecule has 24 heavy (non-hydrogen) atoms. The number of aliphatic hydroxyl groups excluding tert-OH is 1. The van der Waals surface area contributed by atoms with Gasteiger partial charge in [-0.2, -0.15) is 0 Å². The number of nitrogens with one attached hydrogen (secondary N) is 2. The summed E-state index contributed by atoms with van der Waals surface area (Å²) in [5.41, 5.74) is 1.03. The Balaban J connectivity index is 2.11. The van der Waals surface area contributed by atoms with Crippen molar-refractivity contribution in [3.63, 3.8) is 0 Å². The van der Waals surface area contributed by atoms with Crippen LogP contribution in [-0.4, -0.2) is 44.0 Å². The van der Waals surface area contributed by atoms with Crippen LogP contribution in [0.4, 0.5) is 0 Å². The summed E-state index contributed by atoms with van der Waals surface area (Å²) in [4.78, 5) is 4.57. The monoisotopic (exact) mass is 335 g/mol. The highest BCUT2D eigenvalue weighted by atomic mass is 16.5. The quantitative estimate of drug-likeness (QED) is 0.501. The number of aliphatic hydroxyl groups is 1. The maximum Gasteiger partial charge on any atom is 0.191 e. The third-order valence-corrected chi connectivity index (χ3v) is 4.03. The van der Waals surface area contributed by atoms with Crippen LogP contribution >= 0.6 is 0 Å². The van der Waals surface area contributed by atoms with Gasteiger partial charge >= 0.3 is 0 Å². The Hall–Kier alpha value is -1.95. The van der Waals surface area contributed by atoms with Gasteiger partial charge in [-0.1, -0.05) is 0 Å². The van der Waals surface area contributed by atoms with Crippen LogP contribution in [0.3, 0.4) is 0 Å². The van der Waals surface area contributed by atoms with Crippen molar-refractivity contribution >= 4 is 5.96 Å². The van der Waals surface area contributed by atoms with Crippen LogP contribution < -0.4 is 20.1 Å². The molecule has 0 bridgehead atoms. The summed E-state index contributed by atoms with van der Waals surface area (Å²) < 4.78 is 11.5. The second kappa shape index (κ2) is 10.0. The molecule has 6 heteroatoms. The van der Waals surface area contributed by atoms with Gasteiger partial charge in [0.05, 0.1) is 26.4 Å². The third kappa shape index (κ3) is 5.60. The number of benzene rings is 1. The predicted molar refractivity (Wildman–Crippen MR) is 95.8 cm³/mol. The Morgan fingerprint density at radius 2 is 2.08 bits per heavy atom. The Bertz CT molecular complexity index is 528. The van der Waals surface area contributed by atoms with E-state index in [4.69, 9.17) is 14.6 Å². The molecule has 0 aromatic heterocycles. The van der Waals surface area contributed by atoms with Gasteiger partial charge in [-0.25, -0.2) is 4.99 Å². The maximum atomic E-state index is 8.95. The molecule has 0 aliphatic heterocycles. The van der Waals surface area contributed by atoms with Gasteiger partial charge in [0.1, 0.15) is 11.5 Å². The first-order valence-corrected chi connectivity index (χ1v) is 8.73. The summed E-state index contributed by atoms with van der Waals surface area (Å²) in [7, 11) is 1.66. The smallest absolute Gasteiger partial charge is 0.191 e. The van der Waals surface area contributed by atoms with E-state index in [0.717, 1.165) is 36.4 Å². The molecule has 1 aromatic rings. The molecule has 2 rings (SSSR count). The summed E-state index contributed by atoms with van der Waals surface area (Å²) in [5.74, 6) is 2.33. The topological polar surface area (TPSA) is 75.1 Å². The largest absolute Gasteiger partial charge is 0.497 e. The summed E-state index contributed by atoms with van der Waals surface area (Å²) in [6, 6.07) is 5.87. The van der Waals surface area contributed by atoms with Crippen LogP contribution in [0, 0.1) is 0 Å². The van der Waals surface area contributed by atoms with Crippen molar-refractivity contribution in [2.24, 2.45) is 4.99 Å². The van der Waals surface area contributed by atoms with E-state index in [0.29, 0.717) is 25.2 Å². The van der Waals surface area contributed by atoms with Crippen molar-refractivity contribution in [2.45, 2.75) is 45.3 Å². The lowest BCUT2D eigenvalue weighted by Crippen LogP contribution is -2.38. The second-order valence-corrected chi connectivity index (χ2v) is 5.84. The lowest BCUT2D eigenvalue weighted by atomic mass is 10.2. The average Bonchev–Trinajstić information content (AvgIpc) is 3.11. The number of guanidine groups is 1. The fourth-order valence-electron chi connectivity index (χ4n) is 2.77. The molecule has 0 radical (unpaired) electrons. The van der Waals surface area contributed by atoms with Gasteiger partial charge in [0, 0.05) is 24.7 Å². The lowest BCUT2D eigenvalue weighted by molar-refractivity contribution is 0.207. The second-order valence-electron chi connectivity index (χ2n) is 5.84. The van der Waals surface area contributed by atoms with E-state index in [1.165, 1.54) is 12.8 Å². The van der Waals surface area contributed by atoms with Crippen LogP contribution in [0.25, 0.3) is 0 Å². The van der Waals surface area contributed by atoms with Crippen LogP contribution in [0.15, 0.2) is 23.2 Å². The molecular formula is C18H29N3O3. The minimum Gasteiger partial charge on any atom is -0.497 e. The Morgan fingerprint density at radius 1 is 1.29 bits per heavy atom. The summed E-state index contributed by atoms with van der Waals surface area (Å²) in [5, 5.41) is 15.2. The van der Waals surface area contributed by atoms with Gasteiger partial charge in [-0.05, 0) is 44.7 Å². The standard InChI is InChI=1S/C18H29N3O3/c1-3-19-18(20-10-11-22)21-13-14-8-9-16(23-2)12-17(14)24-15-6-4-5-7-15/h8-9,12,15,22H,3-7,10-11,13H2,1-2H3,(H2,19,20,21). The highest BCUT2D eigenvalue weighted by Crippen LogP contribution is 2.30. The zero-order chi connectivity index (χ0) is 17.2. The highest BCUT2D eigenvalue weighted by molar-refractivity contribution is 5.79. The minimum absolute atomic E-state index is 0.0724. The van der Waals surface area contributed by atoms with Crippen LogP contribution in [0.1, 0.15) is 38.2 Å². The summed E-state index contributed by atoms with van der Waals surface area (Å²) >= 11 is 0. The molecule has 0 amide bonds. The van der Waals surface area contributed by atoms with Gasteiger partial charge < -0.3 is 25.2 Å². The molecule has 1 saturated carbocycles. The molecule has 1 aliphatic carbocycles. The zero-order valence-electron chi connectivity index (χ0n) is 14.7. The van der Waals surface area contributed by atoms with Crippen molar-refractivity contribution in [3.05, 3.63) is 23.8 Å². The first-order chi connectivity index (χ1) is 11.8. The first-order valence-electron chi connectivity index (χ1n) is 8.73. The number of methoxy groups -OCH3 is 1. The SMILES string of the molecule is CCNC(=NCc1ccc(OC)cc1OC1CCCC1)NCCO. The van der Waals surface area contributed by atoms with Crippen molar-refractivity contribution in [3.8, 4) is 11.5 Å². The van der Waals surface area contributed by atoms with E-state index < -0.39 is 0 Å². The lowest BCUT2D eigenvalue weighted by Gasteiger charge is -2.17. The molecule has 0 heterocycles. The maximum absolute atomic E-state index is 8.95. The molecule has 0 atom stereocenters. The average molecular weight is 335 g/mol. The number of aliphatic imine (C=N–C) groups is 1. The van der Waals surface area contributed by atoms with Gasteiger partial charge in [0.15, 0.2) is 5.96 Å². The van der Waals surface area contributed by atoms with Crippen LogP contribution in [0.2, 0.25) is 0 Å². The number of ether oxygens (including phenoxy) is 2. The Kier molecular flexibility index (Phi) is 7.68. The van der Waals surface area contributed by atoms with Gasteiger partial charge in [0.25, 0.3) is 0 Å². The van der Waals surface area contributed by atoms with E-state index in [1.54, 1.807) is 7.11 Å². The molecule has 3 N–H and O–H groups in total. The van der Waals surface area contributed by atoms with Gasteiger partial charge in [-0.15, -0.1) is 0 Å². The van der Waals surface area contributed by atoms with E-state index >= 15 is 0 Å². The van der Waals surface area contributed by atoms with E-state index in [-0.39, 0.29) is 6.61 Å². The predicted octanol–water partition coefficient (Wildman–Crippen LogP) is 2.06. The van der Waals surface area contributed by atoms with E-state index in [1.807, 2.05) is 25.1 Å².